The molecule has 192 valence electrons. The summed E-state index contributed by atoms with van der Waals surface area (Å²) in [5.74, 6) is -0.106. The topological polar surface area (TPSA) is 88.5 Å². The van der Waals surface area contributed by atoms with Crippen molar-refractivity contribution in [1.29, 1.82) is 0 Å². The third kappa shape index (κ3) is 5.47. The molecule has 0 radical (unpaired) electrons. The Kier molecular flexibility index (Phi) is 8.14. The van der Waals surface area contributed by atoms with E-state index in [0.717, 1.165) is 28.4 Å². The lowest BCUT2D eigenvalue weighted by Crippen LogP contribution is -2.55. The van der Waals surface area contributed by atoms with Crippen molar-refractivity contribution < 1.29 is 14.3 Å². The first-order chi connectivity index (χ1) is 17.4. The van der Waals surface area contributed by atoms with Crippen LogP contribution in [0.5, 0.6) is 0 Å². The van der Waals surface area contributed by atoms with Crippen molar-refractivity contribution >= 4 is 59.0 Å². The summed E-state index contributed by atoms with van der Waals surface area (Å²) >= 11 is 6.59. The fourth-order valence-corrected chi connectivity index (χ4v) is 4.69. The minimum Gasteiger partial charge on any atom is -0.449 e. The summed E-state index contributed by atoms with van der Waals surface area (Å²) in [4.78, 5) is 42.7. The predicted molar refractivity (Wildman–Crippen MR) is 149 cm³/mol. The standard InChI is InChI=1S/C27H26ClN5O3.H2S/c1-3-11-36-27(35)33-10-9-32(16-17(33)2)26(34)18-6-7-20-21(28)14-23(31-24(20)12-18)19-13-25-22(30-15-19)5-4-8-29-25;/h4-8,12-15,17H,3,9-11,16H2,1-2H3;1H2/t17-;/m0./s1. The predicted octanol–water partition coefficient (Wildman–Crippen LogP) is 5.30. The van der Waals surface area contributed by atoms with Crippen molar-refractivity contribution in [2.45, 2.75) is 26.3 Å². The number of pyridine rings is 3. The van der Waals surface area contributed by atoms with Gasteiger partial charge in [-0.15, -0.1) is 0 Å². The van der Waals surface area contributed by atoms with E-state index in [0.29, 0.717) is 48.0 Å². The quantitative estimate of drug-likeness (QED) is 0.351. The third-order valence-electron chi connectivity index (χ3n) is 6.33. The molecule has 2 amide bonds. The van der Waals surface area contributed by atoms with E-state index in [9.17, 15) is 9.59 Å². The molecule has 0 saturated carbocycles. The van der Waals surface area contributed by atoms with Crippen LogP contribution in [0.1, 0.15) is 30.6 Å². The van der Waals surface area contributed by atoms with Crippen molar-refractivity contribution in [3.8, 4) is 11.3 Å². The number of rotatable bonds is 4. The van der Waals surface area contributed by atoms with Crippen LogP contribution in [-0.4, -0.2) is 69.0 Å². The van der Waals surface area contributed by atoms with Crippen molar-refractivity contribution in [3.05, 3.63) is 65.4 Å². The number of carbonyl (C=O) groups is 2. The molecule has 37 heavy (non-hydrogen) atoms. The number of carbonyl (C=O) groups excluding carboxylic acids is 2. The van der Waals surface area contributed by atoms with Gasteiger partial charge in [-0.05, 0) is 49.7 Å². The second kappa shape index (κ2) is 11.3. The van der Waals surface area contributed by atoms with Gasteiger partial charge in [-0.25, -0.2) is 9.78 Å². The molecule has 0 aliphatic carbocycles. The first-order valence-corrected chi connectivity index (χ1v) is 12.4. The molecule has 0 spiro atoms. The van der Waals surface area contributed by atoms with E-state index in [-0.39, 0.29) is 31.5 Å². The number of hydrogen-bond donors (Lipinski definition) is 0. The Bertz CT molecular complexity index is 1470. The minimum atomic E-state index is -0.327. The molecule has 0 bridgehead atoms. The van der Waals surface area contributed by atoms with Gasteiger partial charge in [-0.3, -0.25) is 14.8 Å². The average molecular weight is 538 g/mol. The number of ether oxygens (including phenoxy) is 1. The lowest BCUT2D eigenvalue weighted by atomic mass is 10.1. The lowest BCUT2D eigenvalue weighted by Gasteiger charge is -2.39. The van der Waals surface area contributed by atoms with E-state index < -0.39 is 0 Å². The van der Waals surface area contributed by atoms with E-state index in [1.165, 1.54) is 0 Å². The lowest BCUT2D eigenvalue weighted by molar-refractivity contribution is 0.0412. The van der Waals surface area contributed by atoms with Gasteiger partial charge >= 0.3 is 6.09 Å². The molecule has 1 fully saturated rings. The molecule has 3 aromatic heterocycles. The average Bonchev–Trinajstić information content (AvgIpc) is 2.90. The maximum atomic E-state index is 13.3. The fraction of sp³-hybridized carbons (Fsp3) is 0.296. The highest BCUT2D eigenvalue weighted by molar-refractivity contribution is 7.59. The van der Waals surface area contributed by atoms with Crippen LogP contribution in [0.15, 0.2) is 54.9 Å². The Morgan fingerprint density at radius 2 is 1.92 bits per heavy atom. The minimum absolute atomic E-state index is 0. The normalized spacial score (nSPS) is 15.5. The monoisotopic (exact) mass is 537 g/mol. The first-order valence-electron chi connectivity index (χ1n) is 12.0. The summed E-state index contributed by atoms with van der Waals surface area (Å²) in [5, 5.41) is 1.31. The SMILES string of the molecule is CCCOC(=O)N1CCN(C(=O)c2ccc3c(Cl)cc(-c4cnc5cccnc5c4)nc3c2)C[C@@H]1C.S. The fourth-order valence-electron chi connectivity index (χ4n) is 4.43. The van der Waals surface area contributed by atoms with Gasteiger partial charge in [0.25, 0.3) is 5.91 Å². The number of halogens is 1. The largest absolute Gasteiger partial charge is 0.449 e. The summed E-state index contributed by atoms with van der Waals surface area (Å²) in [6.07, 6.45) is 3.91. The zero-order valence-electron chi connectivity index (χ0n) is 20.6. The van der Waals surface area contributed by atoms with E-state index in [1.807, 2.05) is 38.1 Å². The van der Waals surface area contributed by atoms with Gasteiger partial charge in [-0.2, -0.15) is 13.5 Å². The highest BCUT2D eigenvalue weighted by atomic mass is 35.5. The highest BCUT2D eigenvalue weighted by Gasteiger charge is 2.31. The molecular weight excluding hydrogens is 510 g/mol. The molecule has 10 heteroatoms. The Labute approximate surface area is 227 Å². The number of fused-ring (bicyclic) bond motifs is 2. The molecule has 4 aromatic rings. The Morgan fingerprint density at radius 1 is 1.08 bits per heavy atom. The molecular formula is C27H28ClN5O3S. The van der Waals surface area contributed by atoms with E-state index in [1.54, 1.807) is 40.4 Å². The number of hydrogen-bond acceptors (Lipinski definition) is 6. The van der Waals surface area contributed by atoms with Crippen LogP contribution in [0.2, 0.25) is 5.02 Å². The Morgan fingerprint density at radius 3 is 2.70 bits per heavy atom. The Hall–Kier alpha value is -3.43. The maximum absolute atomic E-state index is 13.3. The second-order valence-corrected chi connectivity index (χ2v) is 9.30. The van der Waals surface area contributed by atoms with Gasteiger partial charge in [0.15, 0.2) is 0 Å². The van der Waals surface area contributed by atoms with Crippen LogP contribution in [0.25, 0.3) is 33.2 Å². The van der Waals surface area contributed by atoms with Crippen molar-refractivity contribution in [2.24, 2.45) is 0 Å². The first kappa shape index (κ1) is 26.6. The molecule has 0 unspecified atom stereocenters. The third-order valence-corrected chi connectivity index (χ3v) is 6.64. The van der Waals surface area contributed by atoms with Gasteiger partial charge in [-0.1, -0.05) is 24.6 Å². The highest BCUT2D eigenvalue weighted by Crippen LogP contribution is 2.30. The van der Waals surface area contributed by atoms with Crippen LogP contribution in [0.4, 0.5) is 4.79 Å². The summed E-state index contributed by atoms with van der Waals surface area (Å²) in [6.45, 7) is 5.57. The molecule has 0 N–H and O–H groups in total. The second-order valence-electron chi connectivity index (χ2n) is 8.89. The van der Waals surface area contributed by atoms with Crippen LogP contribution >= 0.6 is 25.1 Å². The molecule has 1 atom stereocenters. The summed E-state index contributed by atoms with van der Waals surface area (Å²) in [7, 11) is 0. The molecule has 1 aliphatic heterocycles. The van der Waals surface area contributed by atoms with Crippen LogP contribution < -0.4 is 0 Å². The molecule has 4 heterocycles. The number of piperazine rings is 1. The van der Waals surface area contributed by atoms with Crippen molar-refractivity contribution in [2.75, 3.05) is 26.2 Å². The molecule has 1 aliphatic rings. The van der Waals surface area contributed by atoms with Crippen LogP contribution in [-0.2, 0) is 4.74 Å². The molecule has 1 saturated heterocycles. The van der Waals surface area contributed by atoms with Crippen LogP contribution in [0.3, 0.4) is 0 Å². The zero-order chi connectivity index (χ0) is 25.2. The molecule has 1 aromatic carbocycles. The number of benzene rings is 1. The smallest absolute Gasteiger partial charge is 0.410 e. The summed E-state index contributed by atoms with van der Waals surface area (Å²) in [6, 6.07) is 12.7. The number of aromatic nitrogens is 3. The molecule has 5 rings (SSSR count). The van der Waals surface area contributed by atoms with Gasteiger partial charge in [0.05, 0.1) is 33.9 Å². The van der Waals surface area contributed by atoms with E-state index in [4.69, 9.17) is 21.3 Å². The van der Waals surface area contributed by atoms with Gasteiger partial charge < -0.3 is 14.5 Å². The molecule has 8 nitrogen and oxygen atoms in total. The van der Waals surface area contributed by atoms with Gasteiger partial charge in [0.1, 0.15) is 0 Å². The Balaban J connectivity index is 0.00000320. The number of amides is 2. The maximum Gasteiger partial charge on any atom is 0.410 e. The van der Waals surface area contributed by atoms with Crippen molar-refractivity contribution in [3.63, 3.8) is 0 Å². The summed E-state index contributed by atoms with van der Waals surface area (Å²) < 4.78 is 5.27. The van der Waals surface area contributed by atoms with Gasteiger partial charge in [0, 0.05) is 54.6 Å². The van der Waals surface area contributed by atoms with Crippen LogP contribution in [0, 0.1) is 0 Å². The van der Waals surface area contributed by atoms with E-state index >= 15 is 0 Å². The van der Waals surface area contributed by atoms with E-state index in [2.05, 4.69) is 9.97 Å². The summed E-state index contributed by atoms with van der Waals surface area (Å²) in [5.41, 5.74) is 4.17. The number of nitrogens with zero attached hydrogens (tertiary/aromatic N) is 5. The van der Waals surface area contributed by atoms with Gasteiger partial charge in [0.2, 0.25) is 0 Å². The zero-order valence-corrected chi connectivity index (χ0v) is 22.4. The van der Waals surface area contributed by atoms with Crippen molar-refractivity contribution in [1.82, 2.24) is 24.8 Å².